The summed E-state index contributed by atoms with van der Waals surface area (Å²) in [7, 11) is 0. The van der Waals surface area contributed by atoms with Crippen LogP contribution in [0.15, 0.2) is 18.2 Å². The molecule has 0 radical (unpaired) electrons. The van der Waals surface area contributed by atoms with Crippen molar-refractivity contribution in [2.75, 3.05) is 0 Å². The van der Waals surface area contributed by atoms with Gasteiger partial charge in [0.1, 0.15) is 16.6 Å². The van der Waals surface area contributed by atoms with Gasteiger partial charge in [0.2, 0.25) is 0 Å². The van der Waals surface area contributed by atoms with Gasteiger partial charge in [-0.2, -0.15) is 14.0 Å². The Morgan fingerprint density at radius 2 is 1.90 bits per heavy atom. The van der Waals surface area contributed by atoms with Crippen LogP contribution in [0.2, 0.25) is 0 Å². The van der Waals surface area contributed by atoms with Crippen molar-refractivity contribution in [1.82, 2.24) is 4.72 Å². The highest BCUT2D eigenvalue weighted by molar-refractivity contribution is 7.90. The Morgan fingerprint density at radius 3 is 2.38 bits per heavy atom. The van der Waals surface area contributed by atoms with E-state index in [1.165, 1.54) is 19.1 Å². The highest BCUT2D eigenvalue weighted by Gasteiger charge is 2.36. The first-order valence-electron chi connectivity index (χ1n) is 6.26. The second kappa shape index (κ2) is 6.26. The molecular formula is C14H17F3N2OS. The molecule has 0 aromatic heterocycles. The summed E-state index contributed by atoms with van der Waals surface area (Å²) in [6, 6.07) is 3.48. The van der Waals surface area contributed by atoms with Crippen molar-refractivity contribution in [2.45, 2.75) is 44.4 Å². The van der Waals surface area contributed by atoms with Crippen LogP contribution in [0.4, 0.5) is 13.2 Å². The Bertz CT molecular complexity index is 552. The maximum atomic E-state index is 14.2. The lowest BCUT2D eigenvalue weighted by Gasteiger charge is -2.27. The van der Waals surface area contributed by atoms with Gasteiger partial charge in [-0.15, -0.1) is 4.72 Å². The van der Waals surface area contributed by atoms with Crippen molar-refractivity contribution in [1.29, 1.82) is 5.26 Å². The van der Waals surface area contributed by atoms with Crippen LogP contribution in [-0.2, 0) is 17.3 Å². The van der Waals surface area contributed by atoms with Gasteiger partial charge in [-0.05, 0) is 33.8 Å². The number of hydrogen-bond donors (Lipinski definition) is 1. The summed E-state index contributed by atoms with van der Waals surface area (Å²) in [6.07, 6.45) is 0. The first kappa shape index (κ1) is 17.8. The van der Waals surface area contributed by atoms with Crippen LogP contribution in [-0.4, -0.2) is 9.30 Å². The fraction of sp³-hybridized carbons (Fsp3) is 0.500. The number of hydrogen-bond acceptors (Lipinski definition) is 3. The van der Waals surface area contributed by atoms with Crippen molar-refractivity contribution in [2.24, 2.45) is 0 Å². The molecule has 1 aromatic carbocycles. The second-order valence-electron chi connectivity index (χ2n) is 5.62. The van der Waals surface area contributed by atoms with E-state index in [-0.39, 0.29) is 5.56 Å². The van der Waals surface area contributed by atoms with Crippen molar-refractivity contribution in [3.63, 3.8) is 0 Å². The molecule has 7 heteroatoms. The Hall–Kier alpha value is -1.23. The number of nitrogens with zero attached hydrogens (tertiary/aromatic N) is 1. The molecule has 1 aromatic rings. The summed E-state index contributed by atoms with van der Waals surface area (Å²) >= 11 is -1.47. The maximum Gasteiger partial charge on any atom is 0.360 e. The average molecular weight is 318 g/mol. The minimum Gasteiger partial charge on any atom is -0.598 e. The van der Waals surface area contributed by atoms with Crippen molar-refractivity contribution < 1.29 is 17.7 Å². The van der Waals surface area contributed by atoms with Crippen LogP contribution in [0.1, 0.15) is 44.9 Å². The number of nitriles is 1. The predicted octanol–water partition coefficient (Wildman–Crippen LogP) is 3.55. The summed E-state index contributed by atoms with van der Waals surface area (Å²) in [5.74, 6) is -5.06. The third-order valence-corrected chi connectivity index (χ3v) is 4.49. The number of nitrogens with one attached hydrogen (secondary N) is 1. The van der Waals surface area contributed by atoms with Gasteiger partial charge < -0.3 is 4.55 Å². The number of halogens is 3. The van der Waals surface area contributed by atoms with Crippen LogP contribution >= 0.6 is 0 Å². The zero-order chi connectivity index (χ0) is 16.4. The van der Waals surface area contributed by atoms with Crippen LogP contribution in [0.3, 0.4) is 0 Å². The molecule has 2 unspecified atom stereocenters. The van der Waals surface area contributed by atoms with E-state index in [2.05, 4.69) is 4.72 Å². The van der Waals surface area contributed by atoms with E-state index in [1.807, 2.05) is 0 Å². The number of benzene rings is 1. The van der Waals surface area contributed by atoms with Crippen molar-refractivity contribution in [3.05, 3.63) is 35.1 Å². The van der Waals surface area contributed by atoms with Gasteiger partial charge >= 0.3 is 5.92 Å². The van der Waals surface area contributed by atoms with E-state index in [4.69, 9.17) is 5.26 Å². The molecule has 0 fully saturated rings. The minimum absolute atomic E-state index is 0.0555. The first-order valence-corrected chi connectivity index (χ1v) is 7.41. The normalized spacial score (nSPS) is 15.4. The molecule has 0 aliphatic heterocycles. The fourth-order valence-electron chi connectivity index (χ4n) is 1.59. The Kier molecular flexibility index (Phi) is 5.31. The van der Waals surface area contributed by atoms with E-state index in [0.717, 1.165) is 12.1 Å². The van der Waals surface area contributed by atoms with Gasteiger partial charge in [0.05, 0.1) is 11.6 Å². The van der Waals surface area contributed by atoms with Gasteiger partial charge in [0.15, 0.2) is 0 Å². The molecule has 1 rings (SSSR count). The molecule has 21 heavy (non-hydrogen) atoms. The predicted molar refractivity (Wildman–Crippen MR) is 75.4 cm³/mol. The van der Waals surface area contributed by atoms with E-state index < -0.39 is 39.5 Å². The maximum absolute atomic E-state index is 14.2. The smallest absolute Gasteiger partial charge is 0.360 e. The molecule has 0 amide bonds. The summed E-state index contributed by atoms with van der Waals surface area (Å²) in [4.78, 5) is 0. The average Bonchev–Trinajstić information content (AvgIpc) is 2.37. The Labute approximate surface area is 125 Å². The Balaban J connectivity index is 3.11. The summed E-state index contributed by atoms with van der Waals surface area (Å²) in [6.45, 7) is 6.73. The molecule has 0 aliphatic carbocycles. The fourth-order valence-corrected chi connectivity index (χ4v) is 2.39. The highest BCUT2D eigenvalue weighted by Crippen LogP contribution is 2.32. The summed E-state index contributed by atoms with van der Waals surface area (Å²) in [5.41, 5.74) is -1.03. The molecule has 0 bridgehead atoms. The third-order valence-electron chi connectivity index (χ3n) is 2.81. The van der Waals surface area contributed by atoms with Crippen molar-refractivity contribution in [3.8, 4) is 6.07 Å². The molecule has 0 saturated heterocycles. The molecule has 1 N–H and O–H groups in total. The quantitative estimate of drug-likeness (QED) is 0.864. The van der Waals surface area contributed by atoms with E-state index in [9.17, 15) is 17.7 Å². The van der Waals surface area contributed by atoms with Crippen LogP contribution in [0.25, 0.3) is 0 Å². The Morgan fingerprint density at radius 1 is 1.33 bits per heavy atom. The molecule has 3 nitrogen and oxygen atoms in total. The number of rotatable bonds is 4. The van der Waals surface area contributed by atoms with E-state index >= 15 is 0 Å². The number of alkyl halides is 2. The SMILES string of the molecule is CC(N[S+]([O-])C(C)(C)C)c1cccc(C(F)(F)C#N)c1F. The van der Waals surface area contributed by atoms with E-state index in [0.29, 0.717) is 0 Å². The van der Waals surface area contributed by atoms with Gasteiger partial charge in [-0.3, -0.25) is 0 Å². The molecule has 0 saturated carbocycles. The van der Waals surface area contributed by atoms with Crippen molar-refractivity contribution >= 4 is 11.4 Å². The van der Waals surface area contributed by atoms with Gasteiger partial charge in [-0.25, -0.2) is 4.39 Å². The van der Waals surface area contributed by atoms with Crippen LogP contribution < -0.4 is 4.72 Å². The van der Waals surface area contributed by atoms with Crippen LogP contribution in [0.5, 0.6) is 0 Å². The zero-order valence-electron chi connectivity index (χ0n) is 12.2. The minimum atomic E-state index is -3.90. The van der Waals surface area contributed by atoms with Gasteiger partial charge in [0.25, 0.3) is 0 Å². The molecule has 0 heterocycles. The van der Waals surface area contributed by atoms with Crippen LogP contribution in [0, 0.1) is 17.1 Å². The monoisotopic (exact) mass is 318 g/mol. The van der Waals surface area contributed by atoms with Gasteiger partial charge in [0, 0.05) is 16.9 Å². The standard InChI is InChI=1S/C14H17F3N2OS/c1-9(19-21(20)13(2,3)4)10-6-5-7-11(12(10)15)14(16,17)8-18/h5-7,9,19H,1-4H3. The lowest BCUT2D eigenvalue weighted by molar-refractivity contribution is 0.0569. The lowest BCUT2D eigenvalue weighted by Crippen LogP contribution is -2.40. The topological polar surface area (TPSA) is 58.9 Å². The molecular weight excluding hydrogens is 301 g/mol. The van der Waals surface area contributed by atoms with Gasteiger partial charge in [-0.1, -0.05) is 12.1 Å². The highest BCUT2D eigenvalue weighted by atomic mass is 32.2. The second-order valence-corrected chi connectivity index (χ2v) is 7.61. The zero-order valence-corrected chi connectivity index (χ0v) is 13.0. The lowest BCUT2D eigenvalue weighted by atomic mass is 10.0. The largest absolute Gasteiger partial charge is 0.598 e. The third kappa shape index (κ3) is 4.13. The molecule has 2 atom stereocenters. The summed E-state index contributed by atoms with van der Waals surface area (Å²) < 4.78 is 55.0. The molecule has 0 spiro atoms. The van der Waals surface area contributed by atoms with E-state index in [1.54, 1.807) is 20.8 Å². The summed E-state index contributed by atoms with van der Waals surface area (Å²) in [5, 5.41) is 8.42. The molecule has 116 valence electrons. The molecule has 0 aliphatic rings. The first-order chi connectivity index (χ1) is 9.50.